The van der Waals surface area contributed by atoms with Gasteiger partial charge in [0.1, 0.15) is 0 Å². The van der Waals surface area contributed by atoms with Crippen LogP contribution in [-0.4, -0.2) is 25.5 Å². The summed E-state index contributed by atoms with van der Waals surface area (Å²) in [5.74, 6) is 0.137. The molecule has 1 aromatic rings. The molecule has 2 rings (SSSR count). The van der Waals surface area contributed by atoms with Crippen LogP contribution in [0.3, 0.4) is 0 Å². The molecule has 1 saturated heterocycles. The highest BCUT2D eigenvalue weighted by atomic mass is 16.1. The predicted molar refractivity (Wildman–Crippen MR) is 82.8 cm³/mol. The Labute approximate surface area is 122 Å². The second-order valence-electron chi connectivity index (χ2n) is 6.44. The molecule has 1 amide bonds. The van der Waals surface area contributed by atoms with Crippen LogP contribution in [0.5, 0.6) is 0 Å². The lowest BCUT2D eigenvalue weighted by Gasteiger charge is -2.34. The predicted octanol–water partition coefficient (Wildman–Crippen LogP) is 2.35. The van der Waals surface area contributed by atoms with Gasteiger partial charge in [-0.25, -0.2) is 0 Å². The van der Waals surface area contributed by atoms with Gasteiger partial charge in [-0.15, -0.1) is 0 Å². The molecule has 1 aliphatic heterocycles. The van der Waals surface area contributed by atoms with Gasteiger partial charge < -0.3 is 10.6 Å². The van der Waals surface area contributed by atoms with Crippen LogP contribution in [0.2, 0.25) is 0 Å². The van der Waals surface area contributed by atoms with E-state index in [1.54, 1.807) is 0 Å². The number of rotatable bonds is 4. The van der Waals surface area contributed by atoms with E-state index in [0.29, 0.717) is 6.42 Å². The maximum atomic E-state index is 12.1. The third-order valence-corrected chi connectivity index (χ3v) is 4.38. The van der Waals surface area contributed by atoms with E-state index in [9.17, 15) is 4.79 Å². The van der Waals surface area contributed by atoms with Crippen molar-refractivity contribution in [2.75, 3.05) is 19.6 Å². The smallest absolute Gasteiger partial charge is 0.224 e. The third-order valence-electron chi connectivity index (χ3n) is 4.38. The normalized spacial score (nSPS) is 17.8. The highest BCUT2D eigenvalue weighted by Gasteiger charge is 2.26. The molecule has 1 aliphatic rings. The van der Waals surface area contributed by atoms with Gasteiger partial charge in [-0.2, -0.15) is 0 Å². The minimum Gasteiger partial charge on any atom is -0.355 e. The van der Waals surface area contributed by atoms with Crippen LogP contribution in [0.15, 0.2) is 18.2 Å². The monoisotopic (exact) mass is 274 g/mol. The minimum atomic E-state index is 0.137. The van der Waals surface area contributed by atoms with E-state index in [-0.39, 0.29) is 11.3 Å². The molecule has 0 atom stereocenters. The zero-order valence-corrected chi connectivity index (χ0v) is 12.9. The Balaban J connectivity index is 1.87. The van der Waals surface area contributed by atoms with Crippen LogP contribution in [0.4, 0.5) is 0 Å². The average Bonchev–Trinajstić information content (AvgIpc) is 2.42. The molecule has 0 spiro atoms. The average molecular weight is 274 g/mol. The van der Waals surface area contributed by atoms with Gasteiger partial charge in [-0.1, -0.05) is 30.7 Å². The van der Waals surface area contributed by atoms with Gasteiger partial charge in [-0.3, -0.25) is 4.79 Å². The summed E-state index contributed by atoms with van der Waals surface area (Å²) in [6.45, 7) is 9.31. The van der Waals surface area contributed by atoms with Crippen molar-refractivity contribution in [1.29, 1.82) is 0 Å². The Morgan fingerprint density at radius 2 is 2.00 bits per heavy atom. The third kappa shape index (κ3) is 4.07. The lowest BCUT2D eigenvalue weighted by Crippen LogP contribution is -2.43. The van der Waals surface area contributed by atoms with Gasteiger partial charge in [0.05, 0.1) is 6.42 Å². The molecule has 0 radical (unpaired) electrons. The SMILES string of the molecule is Cc1ccc(C)c(CC(=O)NCC2(C)CCNCC2)c1. The molecular formula is C17H26N2O. The highest BCUT2D eigenvalue weighted by Crippen LogP contribution is 2.26. The summed E-state index contributed by atoms with van der Waals surface area (Å²) in [6.07, 6.45) is 2.76. The topological polar surface area (TPSA) is 41.1 Å². The molecule has 20 heavy (non-hydrogen) atoms. The van der Waals surface area contributed by atoms with E-state index in [1.807, 2.05) is 0 Å². The molecule has 3 nitrogen and oxygen atoms in total. The van der Waals surface area contributed by atoms with Crippen LogP contribution in [-0.2, 0) is 11.2 Å². The van der Waals surface area contributed by atoms with Gasteiger partial charge in [0.15, 0.2) is 0 Å². The summed E-state index contributed by atoms with van der Waals surface area (Å²) in [5.41, 5.74) is 3.79. The summed E-state index contributed by atoms with van der Waals surface area (Å²) in [6, 6.07) is 6.29. The molecule has 1 heterocycles. The summed E-state index contributed by atoms with van der Waals surface area (Å²) < 4.78 is 0. The molecule has 1 fully saturated rings. The summed E-state index contributed by atoms with van der Waals surface area (Å²) in [5, 5.41) is 6.49. The lowest BCUT2D eigenvalue weighted by molar-refractivity contribution is -0.121. The second-order valence-corrected chi connectivity index (χ2v) is 6.44. The zero-order valence-electron chi connectivity index (χ0n) is 12.9. The molecule has 2 N–H and O–H groups in total. The Morgan fingerprint density at radius 3 is 2.70 bits per heavy atom. The molecule has 3 heteroatoms. The van der Waals surface area contributed by atoms with Gasteiger partial charge >= 0.3 is 0 Å². The quantitative estimate of drug-likeness (QED) is 0.885. The van der Waals surface area contributed by atoms with Crippen LogP contribution < -0.4 is 10.6 Å². The number of nitrogens with one attached hydrogen (secondary N) is 2. The summed E-state index contributed by atoms with van der Waals surface area (Å²) in [7, 11) is 0. The molecule has 0 aliphatic carbocycles. The second kappa shape index (κ2) is 6.40. The Morgan fingerprint density at radius 1 is 1.30 bits per heavy atom. The van der Waals surface area contributed by atoms with Crippen molar-refractivity contribution < 1.29 is 4.79 Å². The fraction of sp³-hybridized carbons (Fsp3) is 0.588. The molecular weight excluding hydrogens is 248 g/mol. The largest absolute Gasteiger partial charge is 0.355 e. The molecule has 0 aromatic heterocycles. The maximum Gasteiger partial charge on any atom is 0.224 e. The minimum absolute atomic E-state index is 0.137. The molecule has 110 valence electrons. The fourth-order valence-corrected chi connectivity index (χ4v) is 2.75. The first-order valence-electron chi connectivity index (χ1n) is 7.52. The van der Waals surface area contributed by atoms with E-state index in [1.165, 1.54) is 11.1 Å². The molecule has 1 aromatic carbocycles. The summed E-state index contributed by atoms with van der Waals surface area (Å²) >= 11 is 0. The van der Waals surface area contributed by atoms with Gasteiger partial charge in [-0.05, 0) is 56.3 Å². The maximum absolute atomic E-state index is 12.1. The van der Waals surface area contributed by atoms with Crippen molar-refractivity contribution in [3.63, 3.8) is 0 Å². The molecule has 0 saturated carbocycles. The zero-order chi connectivity index (χ0) is 14.6. The van der Waals surface area contributed by atoms with E-state index in [4.69, 9.17) is 0 Å². The van der Waals surface area contributed by atoms with Crippen molar-refractivity contribution in [2.24, 2.45) is 5.41 Å². The highest BCUT2D eigenvalue weighted by molar-refractivity contribution is 5.79. The van der Waals surface area contributed by atoms with E-state index in [0.717, 1.165) is 38.0 Å². The van der Waals surface area contributed by atoms with Crippen molar-refractivity contribution in [3.8, 4) is 0 Å². The van der Waals surface area contributed by atoms with Crippen LogP contribution >= 0.6 is 0 Å². The van der Waals surface area contributed by atoms with Crippen LogP contribution in [0, 0.1) is 19.3 Å². The first kappa shape index (κ1) is 15.0. The lowest BCUT2D eigenvalue weighted by atomic mass is 9.81. The first-order chi connectivity index (χ1) is 9.48. The van der Waals surface area contributed by atoms with Gasteiger partial charge in [0.2, 0.25) is 5.91 Å². The van der Waals surface area contributed by atoms with Gasteiger partial charge in [0.25, 0.3) is 0 Å². The number of amides is 1. The van der Waals surface area contributed by atoms with Crippen molar-refractivity contribution in [3.05, 3.63) is 34.9 Å². The summed E-state index contributed by atoms with van der Waals surface area (Å²) in [4.78, 5) is 12.1. The number of hydrogen-bond donors (Lipinski definition) is 2. The first-order valence-corrected chi connectivity index (χ1v) is 7.52. The Bertz CT molecular complexity index is 476. The standard InChI is InChI=1S/C17H26N2O/c1-13-4-5-14(2)15(10-13)11-16(20)19-12-17(3)6-8-18-9-7-17/h4-5,10,18H,6-9,11-12H2,1-3H3,(H,19,20). The van der Waals surface area contributed by atoms with Crippen LogP contribution in [0.1, 0.15) is 36.5 Å². The number of hydrogen-bond acceptors (Lipinski definition) is 2. The van der Waals surface area contributed by atoms with E-state index >= 15 is 0 Å². The van der Waals surface area contributed by atoms with Crippen molar-refractivity contribution >= 4 is 5.91 Å². The van der Waals surface area contributed by atoms with Crippen molar-refractivity contribution in [2.45, 2.75) is 40.0 Å². The van der Waals surface area contributed by atoms with Crippen molar-refractivity contribution in [1.82, 2.24) is 10.6 Å². The number of carbonyl (C=O) groups excluding carboxylic acids is 1. The fourth-order valence-electron chi connectivity index (χ4n) is 2.75. The Hall–Kier alpha value is -1.35. The van der Waals surface area contributed by atoms with E-state index in [2.05, 4.69) is 49.6 Å². The van der Waals surface area contributed by atoms with Crippen LogP contribution in [0.25, 0.3) is 0 Å². The number of piperidine rings is 1. The Kier molecular flexibility index (Phi) is 4.81. The molecule has 0 unspecified atom stereocenters. The number of aryl methyl sites for hydroxylation is 2. The molecule has 0 bridgehead atoms. The van der Waals surface area contributed by atoms with Gasteiger partial charge in [0, 0.05) is 6.54 Å². The van der Waals surface area contributed by atoms with E-state index < -0.39 is 0 Å². The number of benzene rings is 1. The number of carbonyl (C=O) groups is 1.